The molecule has 0 N–H and O–H groups in total. The molecule has 0 saturated heterocycles. The first-order valence-electron chi connectivity index (χ1n) is 6.90. The topological polar surface area (TPSA) is 43.1 Å². The van der Waals surface area contributed by atoms with Crippen molar-refractivity contribution in [1.82, 2.24) is 15.0 Å². The van der Waals surface area contributed by atoms with Crippen molar-refractivity contribution in [2.24, 2.45) is 4.99 Å². The van der Waals surface area contributed by atoms with E-state index in [4.69, 9.17) is 4.99 Å². The highest BCUT2D eigenvalue weighted by Gasteiger charge is 2.13. The molecule has 22 heavy (non-hydrogen) atoms. The maximum absolute atomic E-state index is 4.78. The number of thiophene rings is 1. The Kier molecular flexibility index (Phi) is 3.25. The Balaban J connectivity index is 1.94. The van der Waals surface area contributed by atoms with Gasteiger partial charge in [0, 0.05) is 0 Å². The summed E-state index contributed by atoms with van der Waals surface area (Å²) in [5.41, 5.74) is 2.70. The van der Waals surface area contributed by atoms with Crippen LogP contribution in [0.15, 0.2) is 77.1 Å². The molecule has 0 spiro atoms. The fourth-order valence-corrected chi connectivity index (χ4v) is 2.96. The molecule has 2 aromatic carbocycles. The number of fused-ring (bicyclic) bond motifs is 1. The van der Waals surface area contributed by atoms with Gasteiger partial charge >= 0.3 is 0 Å². The molecule has 5 heteroatoms. The summed E-state index contributed by atoms with van der Waals surface area (Å²) in [6.45, 7) is 0. The van der Waals surface area contributed by atoms with Crippen LogP contribution in [0.4, 0.5) is 5.69 Å². The second-order valence-corrected chi connectivity index (χ2v) is 5.69. The van der Waals surface area contributed by atoms with Gasteiger partial charge in [0.1, 0.15) is 5.52 Å². The molecule has 106 valence electrons. The molecule has 0 aliphatic carbocycles. The summed E-state index contributed by atoms with van der Waals surface area (Å²) in [7, 11) is 0. The van der Waals surface area contributed by atoms with E-state index in [0.717, 1.165) is 27.4 Å². The zero-order chi connectivity index (χ0) is 14.8. The highest BCUT2D eigenvalue weighted by Crippen LogP contribution is 2.20. The number of nitrogens with zero attached hydrogens (tertiary/aromatic N) is 4. The second kappa shape index (κ2) is 5.54. The van der Waals surface area contributed by atoms with Crippen molar-refractivity contribution in [3.63, 3.8) is 0 Å². The predicted octanol–water partition coefficient (Wildman–Crippen LogP) is 4.12. The van der Waals surface area contributed by atoms with Gasteiger partial charge in [-0.15, -0.1) is 16.4 Å². The van der Waals surface area contributed by atoms with Crippen LogP contribution in [0, 0.1) is 0 Å². The van der Waals surface area contributed by atoms with Gasteiger partial charge in [0.05, 0.1) is 16.1 Å². The number of hydrogen-bond acceptors (Lipinski definition) is 4. The standard InChI is InChI=1S/C17H12N4S/c1-2-7-13(8-3-1)18-17(16-11-6-12-22-16)21-15-10-5-4-9-14(15)19-20-21/h1-12H. The predicted molar refractivity (Wildman–Crippen MR) is 89.9 cm³/mol. The van der Waals surface area contributed by atoms with Crippen molar-refractivity contribution < 1.29 is 0 Å². The normalized spacial score (nSPS) is 11.9. The van der Waals surface area contributed by atoms with Crippen LogP contribution in [0.2, 0.25) is 0 Å². The summed E-state index contributed by atoms with van der Waals surface area (Å²) in [6, 6.07) is 21.8. The number of aromatic nitrogens is 3. The zero-order valence-electron chi connectivity index (χ0n) is 11.6. The molecule has 0 atom stereocenters. The number of hydrogen-bond donors (Lipinski definition) is 0. The first-order valence-corrected chi connectivity index (χ1v) is 7.78. The molecule has 0 fully saturated rings. The van der Waals surface area contributed by atoms with Crippen molar-refractivity contribution in [2.75, 3.05) is 0 Å². The Morgan fingerprint density at radius 1 is 0.909 bits per heavy atom. The molecule has 0 bridgehead atoms. The van der Waals surface area contributed by atoms with Crippen LogP contribution in [-0.2, 0) is 0 Å². The van der Waals surface area contributed by atoms with Crippen LogP contribution in [0.3, 0.4) is 0 Å². The first kappa shape index (κ1) is 12.9. The van der Waals surface area contributed by atoms with E-state index >= 15 is 0 Å². The number of para-hydroxylation sites is 2. The summed E-state index contributed by atoms with van der Waals surface area (Å²) in [5.74, 6) is 0.787. The molecule has 0 amide bonds. The van der Waals surface area contributed by atoms with Crippen LogP contribution in [0.25, 0.3) is 11.0 Å². The average molecular weight is 304 g/mol. The molecule has 2 aromatic heterocycles. The summed E-state index contributed by atoms with van der Waals surface area (Å²) < 4.78 is 1.80. The number of benzene rings is 2. The van der Waals surface area contributed by atoms with Gasteiger partial charge < -0.3 is 0 Å². The molecule has 4 nitrogen and oxygen atoms in total. The molecule has 0 radical (unpaired) electrons. The van der Waals surface area contributed by atoms with Crippen LogP contribution in [-0.4, -0.2) is 20.8 Å². The lowest BCUT2D eigenvalue weighted by Gasteiger charge is -2.05. The maximum Gasteiger partial charge on any atom is 0.173 e. The second-order valence-electron chi connectivity index (χ2n) is 4.74. The van der Waals surface area contributed by atoms with Gasteiger partial charge in [0.25, 0.3) is 0 Å². The van der Waals surface area contributed by atoms with E-state index in [-0.39, 0.29) is 0 Å². The van der Waals surface area contributed by atoms with Gasteiger partial charge in [0.15, 0.2) is 5.84 Å². The molecule has 0 saturated carbocycles. The van der Waals surface area contributed by atoms with E-state index in [2.05, 4.69) is 10.3 Å². The summed E-state index contributed by atoms with van der Waals surface area (Å²) in [6.07, 6.45) is 0. The Morgan fingerprint density at radius 2 is 1.73 bits per heavy atom. The smallest absolute Gasteiger partial charge is 0.173 e. The summed E-state index contributed by atoms with van der Waals surface area (Å²) in [4.78, 5) is 5.84. The number of rotatable bonds is 2. The lowest BCUT2D eigenvalue weighted by atomic mass is 10.3. The third-order valence-corrected chi connectivity index (χ3v) is 4.15. The Hall–Kier alpha value is -2.79. The van der Waals surface area contributed by atoms with Crippen molar-refractivity contribution in [3.8, 4) is 0 Å². The SMILES string of the molecule is c1ccc(N=C(c2cccs2)n2nnc3ccccc32)cc1. The van der Waals surface area contributed by atoms with E-state index in [9.17, 15) is 0 Å². The zero-order valence-corrected chi connectivity index (χ0v) is 12.4. The van der Waals surface area contributed by atoms with E-state index in [1.165, 1.54) is 0 Å². The van der Waals surface area contributed by atoms with Crippen molar-refractivity contribution in [2.45, 2.75) is 0 Å². The fourth-order valence-electron chi connectivity index (χ4n) is 2.26. The lowest BCUT2D eigenvalue weighted by Crippen LogP contribution is -2.13. The van der Waals surface area contributed by atoms with Crippen LogP contribution >= 0.6 is 11.3 Å². The Labute approximate surface area is 131 Å². The Morgan fingerprint density at radius 3 is 2.55 bits per heavy atom. The van der Waals surface area contributed by atoms with Gasteiger partial charge in [-0.3, -0.25) is 0 Å². The molecule has 4 rings (SSSR count). The van der Waals surface area contributed by atoms with E-state index in [0.29, 0.717) is 0 Å². The van der Waals surface area contributed by atoms with Gasteiger partial charge in [-0.25, -0.2) is 4.99 Å². The van der Waals surface area contributed by atoms with Crippen molar-refractivity contribution in [1.29, 1.82) is 0 Å². The van der Waals surface area contributed by atoms with Gasteiger partial charge in [-0.1, -0.05) is 41.6 Å². The molecular formula is C17H12N4S. The van der Waals surface area contributed by atoms with Crippen LogP contribution < -0.4 is 0 Å². The largest absolute Gasteiger partial charge is 0.228 e. The van der Waals surface area contributed by atoms with E-state index < -0.39 is 0 Å². The minimum atomic E-state index is 0.787. The van der Waals surface area contributed by atoms with E-state index in [1.807, 2.05) is 72.1 Å². The number of aliphatic imine (C=N–C) groups is 1. The monoisotopic (exact) mass is 304 g/mol. The minimum Gasteiger partial charge on any atom is -0.228 e. The van der Waals surface area contributed by atoms with Crippen molar-refractivity contribution >= 4 is 33.9 Å². The molecule has 2 heterocycles. The first-order chi connectivity index (χ1) is 10.9. The highest BCUT2D eigenvalue weighted by molar-refractivity contribution is 7.12. The summed E-state index contributed by atoms with van der Waals surface area (Å²) in [5, 5.41) is 10.6. The maximum atomic E-state index is 4.78. The van der Waals surface area contributed by atoms with Crippen LogP contribution in [0.5, 0.6) is 0 Å². The van der Waals surface area contributed by atoms with Gasteiger partial charge in [-0.2, -0.15) is 4.68 Å². The molecule has 0 aliphatic rings. The average Bonchev–Trinajstić information content (AvgIpc) is 3.24. The fraction of sp³-hybridized carbons (Fsp3) is 0. The molecular weight excluding hydrogens is 292 g/mol. The highest BCUT2D eigenvalue weighted by atomic mass is 32.1. The lowest BCUT2D eigenvalue weighted by molar-refractivity contribution is 0.863. The third kappa shape index (κ3) is 2.31. The molecule has 4 aromatic rings. The molecule has 0 aliphatic heterocycles. The minimum absolute atomic E-state index is 0.787. The van der Waals surface area contributed by atoms with Gasteiger partial charge in [-0.05, 0) is 35.7 Å². The molecule has 0 unspecified atom stereocenters. The van der Waals surface area contributed by atoms with Crippen LogP contribution in [0.1, 0.15) is 4.88 Å². The van der Waals surface area contributed by atoms with Crippen molar-refractivity contribution in [3.05, 3.63) is 77.0 Å². The van der Waals surface area contributed by atoms with E-state index in [1.54, 1.807) is 16.0 Å². The summed E-state index contributed by atoms with van der Waals surface area (Å²) >= 11 is 1.64. The van der Waals surface area contributed by atoms with Gasteiger partial charge in [0.2, 0.25) is 0 Å². The third-order valence-electron chi connectivity index (χ3n) is 3.29. The quantitative estimate of drug-likeness (QED) is 0.413. The Bertz CT molecular complexity index is 924.